The smallest absolute Gasteiger partial charge is 0.0981 e. The Morgan fingerprint density at radius 2 is 2.13 bits per heavy atom. The van der Waals surface area contributed by atoms with E-state index >= 15 is 0 Å². The highest BCUT2D eigenvalue weighted by Gasteiger charge is 2.17. The molecule has 1 heterocycles. The van der Waals surface area contributed by atoms with E-state index in [2.05, 4.69) is 38.0 Å². The number of nitrogens with zero attached hydrogens (tertiary/aromatic N) is 1. The Morgan fingerprint density at radius 3 is 2.67 bits per heavy atom. The highest BCUT2D eigenvalue weighted by molar-refractivity contribution is 7.11. The van der Waals surface area contributed by atoms with Crippen LogP contribution in [0.25, 0.3) is 0 Å². The summed E-state index contributed by atoms with van der Waals surface area (Å²) in [4.78, 5) is 5.81. The molecule has 0 saturated heterocycles. The summed E-state index contributed by atoms with van der Waals surface area (Å²) in [5.74, 6) is 0. The van der Waals surface area contributed by atoms with Crippen molar-refractivity contribution in [3.63, 3.8) is 0 Å². The standard InChI is InChI=1S/C12H22N2S/c1-5-6-7-13-8-10-9-14-11(15-10)12(2,3)4/h9,13H,5-8H2,1-4H3. The highest BCUT2D eigenvalue weighted by atomic mass is 32.1. The van der Waals surface area contributed by atoms with Gasteiger partial charge in [-0.15, -0.1) is 11.3 Å². The molecule has 1 rings (SSSR count). The van der Waals surface area contributed by atoms with Crippen LogP contribution in [-0.2, 0) is 12.0 Å². The van der Waals surface area contributed by atoms with Crippen molar-refractivity contribution < 1.29 is 0 Å². The molecule has 0 aliphatic carbocycles. The zero-order valence-electron chi connectivity index (χ0n) is 10.3. The van der Waals surface area contributed by atoms with Crippen LogP contribution in [0.2, 0.25) is 0 Å². The summed E-state index contributed by atoms with van der Waals surface area (Å²) >= 11 is 1.82. The first-order chi connectivity index (χ1) is 7.04. The zero-order valence-corrected chi connectivity index (χ0v) is 11.1. The molecule has 15 heavy (non-hydrogen) atoms. The van der Waals surface area contributed by atoms with E-state index in [1.165, 1.54) is 22.7 Å². The van der Waals surface area contributed by atoms with Gasteiger partial charge in [0.25, 0.3) is 0 Å². The Labute approximate surface area is 97.1 Å². The third kappa shape index (κ3) is 4.31. The van der Waals surface area contributed by atoms with Gasteiger partial charge >= 0.3 is 0 Å². The summed E-state index contributed by atoms with van der Waals surface area (Å²) in [5, 5.41) is 4.67. The average Bonchev–Trinajstić information content (AvgIpc) is 2.60. The van der Waals surface area contributed by atoms with Crippen molar-refractivity contribution >= 4 is 11.3 Å². The van der Waals surface area contributed by atoms with Gasteiger partial charge in [-0.3, -0.25) is 0 Å². The molecule has 0 aliphatic rings. The van der Waals surface area contributed by atoms with Crippen molar-refractivity contribution in [1.29, 1.82) is 0 Å². The Kier molecular flexibility index (Phi) is 4.74. The van der Waals surface area contributed by atoms with Crippen LogP contribution in [-0.4, -0.2) is 11.5 Å². The molecule has 1 N–H and O–H groups in total. The molecule has 0 atom stereocenters. The molecular weight excluding hydrogens is 204 g/mol. The lowest BCUT2D eigenvalue weighted by Crippen LogP contribution is -2.13. The van der Waals surface area contributed by atoms with E-state index in [4.69, 9.17) is 0 Å². The number of nitrogens with one attached hydrogen (secondary N) is 1. The van der Waals surface area contributed by atoms with E-state index in [9.17, 15) is 0 Å². The van der Waals surface area contributed by atoms with Crippen molar-refractivity contribution in [3.8, 4) is 0 Å². The fourth-order valence-corrected chi connectivity index (χ4v) is 2.19. The molecular formula is C12H22N2S. The topological polar surface area (TPSA) is 24.9 Å². The molecule has 0 radical (unpaired) electrons. The predicted molar refractivity (Wildman–Crippen MR) is 67.4 cm³/mol. The predicted octanol–water partition coefficient (Wildman–Crippen LogP) is 3.33. The maximum Gasteiger partial charge on any atom is 0.0981 e. The summed E-state index contributed by atoms with van der Waals surface area (Å²) in [6.45, 7) is 10.9. The van der Waals surface area contributed by atoms with E-state index in [1.807, 2.05) is 17.5 Å². The van der Waals surface area contributed by atoms with Crippen molar-refractivity contribution in [3.05, 3.63) is 16.1 Å². The zero-order chi connectivity index (χ0) is 11.3. The van der Waals surface area contributed by atoms with Crippen LogP contribution in [0.5, 0.6) is 0 Å². The van der Waals surface area contributed by atoms with Crippen LogP contribution in [0.1, 0.15) is 50.4 Å². The number of hydrogen-bond acceptors (Lipinski definition) is 3. The number of rotatable bonds is 5. The van der Waals surface area contributed by atoms with E-state index in [1.54, 1.807) is 0 Å². The monoisotopic (exact) mass is 226 g/mol. The van der Waals surface area contributed by atoms with Gasteiger partial charge in [-0.1, -0.05) is 34.1 Å². The van der Waals surface area contributed by atoms with Gasteiger partial charge in [-0.2, -0.15) is 0 Å². The molecule has 2 nitrogen and oxygen atoms in total. The minimum atomic E-state index is 0.187. The minimum Gasteiger partial charge on any atom is -0.312 e. The maximum absolute atomic E-state index is 4.46. The van der Waals surface area contributed by atoms with Crippen molar-refractivity contribution in [2.24, 2.45) is 0 Å². The lowest BCUT2D eigenvalue weighted by atomic mass is 9.98. The Morgan fingerprint density at radius 1 is 1.40 bits per heavy atom. The van der Waals surface area contributed by atoms with Crippen LogP contribution in [0.15, 0.2) is 6.20 Å². The fourth-order valence-electron chi connectivity index (χ4n) is 1.25. The molecule has 3 heteroatoms. The fraction of sp³-hybridized carbons (Fsp3) is 0.750. The van der Waals surface area contributed by atoms with E-state index in [0.717, 1.165) is 13.1 Å². The van der Waals surface area contributed by atoms with E-state index < -0.39 is 0 Å². The molecule has 0 fully saturated rings. The molecule has 1 aromatic rings. The van der Waals surface area contributed by atoms with Gasteiger partial charge in [-0.05, 0) is 13.0 Å². The van der Waals surface area contributed by atoms with Crippen LogP contribution in [0.3, 0.4) is 0 Å². The maximum atomic E-state index is 4.46. The van der Waals surface area contributed by atoms with Gasteiger partial charge in [0.15, 0.2) is 0 Å². The van der Waals surface area contributed by atoms with E-state index in [-0.39, 0.29) is 5.41 Å². The summed E-state index contributed by atoms with van der Waals surface area (Å²) in [6.07, 6.45) is 4.51. The van der Waals surface area contributed by atoms with Gasteiger partial charge in [0.2, 0.25) is 0 Å². The van der Waals surface area contributed by atoms with Gasteiger partial charge in [0.1, 0.15) is 0 Å². The molecule has 0 amide bonds. The molecule has 0 bridgehead atoms. The average molecular weight is 226 g/mol. The summed E-state index contributed by atoms with van der Waals surface area (Å²) in [7, 11) is 0. The first kappa shape index (κ1) is 12.7. The molecule has 0 spiro atoms. The Hall–Kier alpha value is -0.410. The molecule has 0 aliphatic heterocycles. The van der Waals surface area contributed by atoms with E-state index in [0.29, 0.717) is 0 Å². The first-order valence-corrected chi connectivity index (χ1v) is 6.51. The molecule has 1 aromatic heterocycles. The second-order valence-corrected chi connectivity index (χ2v) is 6.03. The third-order valence-corrected chi connectivity index (χ3v) is 3.62. The number of unbranched alkanes of at least 4 members (excludes halogenated alkanes) is 1. The molecule has 0 saturated carbocycles. The van der Waals surface area contributed by atoms with Crippen molar-refractivity contribution in [2.75, 3.05) is 6.54 Å². The number of aromatic nitrogens is 1. The van der Waals surface area contributed by atoms with Gasteiger partial charge in [0.05, 0.1) is 5.01 Å². The normalized spacial score (nSPS) is 12.0. The quantitative estimate of drug-likeness (QED) is 0.779. The van der Waals surface area contributed by atoms with Crippen LogP contribution in [0.4, 0.5) is 0 Å². The lowest BCUT2D eigenvalue weighted by Gasteiger charge is -2.13. The lowest BCUT2D eigenvalue weighted by molar-refractivity contribution is 0.585. The molecule has 0 unspecified atom stereocenters. The summed E-state index contributed by atoms with van der Waals surface area (Å²) < 4.78 is 0. The summed E-state index contributed by atoms with van der Waals surface area (Å²) in [6, 6.07) is 0. The van der Waals surface area contributed by atoms with Gasteiger partial charge in [0, 0.05) is 23.0 Å². The molecule has 86 valence electrons. The number of hydrogen-bond donors (Lipinski definition) is 1. The van der Waals surface area contributed by atoms with Crippen LogP contribution in [0, 0.1) is 0 Å². The van der Waals surface area contributed by atoms with Gasteiger partial charge < -0.3 is 5.32 Å². The van der Waals surface area contributed by atoms with Crippen molar-refractivity contribution in [2.45, 2.75) is 52.5 Å². The number of thiazole rings is 1. The van der Waals surface area contributed by atoms with Crippen LogP contribution >= 0.6 is 11.3 Å². The first-order valence-electron chi connectivity index (χ1n) is 5.70. The second-order valence-electron chi connectivity index (χ2n) is 4.91. The second kappa shape index (κ2) is 5.61. The van der Waals surface area contributed by atoms with Crippen molar-refractivity contribution in [1.82, 2.24) is 10.3 Å². The largest absolute Gasteiger partial charge is 0.312 e. The van der Waals surface area contributed by atoms with Crippen LogP contribution < -0.4 is 5.32 Å². The highest BCUT2D eigenvalue weighted by Crippen LogP contribution is 2.26. The van der Waals surface area contributed by atoms with Gasteiger partial charge in [-0.25, -0.2) is 4.98 Å². The summed E-state index contributed by atoms with van der Waals surface area (Å²) in [5.41, 5.74) is 0.187. The SMILES string of the molecule is CCCCNCc1cnc(C(C)(C)C)s1. The Balaban J connectivity index is 2.40. The molecule has 0 aromatic carbocycles. The Bertz CT molecular complexity index is 286. The third-order valence-electron chi connectivity index (χ3n) is 2.20. The minimum absolute atomic E-state index is 0.187.